The SMILES string of the molecule is COc1ccc(C(=O)NN2CCCCC2)cc1OC.O=C(O)C(=O)O. The van der Waals surface area contributed by atoms with Crippen LogP contribution in [0, 0.1) is 0 Å². The molecule has 0 radical (unpaired) electrons. The van der Waals surface area contributed by atoms with Crippen LogP contribution in [0.3, 0.4) is 0 Å². The standard InChI is InChI=1S/C14H20N2O3.C2H2O4/c1-18-12-7-6-11(10-13(12)19-2)14(17)15-16-8-4-3-5-9-16;3-1(4)2(5)6/h6-7,10H,3-5,8-9H2,1-2H3,(H,15,17);(H,3,4)(H,5,6). The van der Waals surface area contributed by atoms with E-state index in [-0.39, 0.29) is 5.91 Å². The van der Waals surface area contributed by atoms with Crippen molar-refractivity contribution in [2.24, 2.45) is 0 Å². The Kier molecular flexibility index (Phi) is 8.21. The van der Waals surface area contributed by atoms with Crippen molar-refractivity contribution in [1.29, 1.82) is 0 Å². The molecule has 0 saturated carbocycles. The Hall–Kier alpha value is -2.81. The molecule has 9 nitrogen and oxygen atoms in total. The summed E-state index contributed by atoms with van der Waals surface area (Å²) in [6.07, 6.45) is 3.50. The van der Waals surface area contributed by atoms with E-state index in [1.807, 2.05) is 5.01 Å². The van der Waals surface area contributed by atoms with Gasteiger partial charge < -0.3 is 19.7 Å². The highest BCUT2D eigenvalue weighted by Crippen LogP contribution is 2.27. The van der Waals surface area contributed by atoms with Crippen molar-refractivity contribution in [3.8, 4) is 11.5 Å². The number of carbonyl (C=O) groups is 3. The maximum absolute atomic E-state index is 12.1. The smallest absolute Gasteiger partial charge is 0.414 e. The van der Waals surface area contributed by atoms with E-state index in [4.69, 9.17) is 29.3 Å². The molecule has 9 heteroatoms. The number of rotatable bonds is 4. The maximum Gasteiger partial charge on any atom is 0.414 e. The van der Waals surface area contributed by atoms with Gasteiger partial charge >= 0.3 is 11.9 Å². The summed E-state index contributed by atoms with van der Waals surface area (Å²) >= 11 is 0. The fraction of sp³-hybridized carbons (Fsp3) is 0.438. The molecule has 0 unspecified atom stereocenters. The van der Waals surface area contributed by atoms with Crippen molar-refractivity contribution in [2.75, 3.05) is 27.3 Å². The highest BCUT2D eigenvalue weighted by molar-refractivity contribution is 6.27. The summed E-state index contributed by atoms with van der Waals surface area (Å²) in [6, 6.07) is 5.17. The average molecular weight is 354 g/mol. The molecule has 2 rings (SSSR count). The van der Waals surface area contributed by atoms with Crippen LogP contribution in [0.2, 0.25) is 0 Å². The molecule has 1 saturated heterocycles. The van der Waals surface area contributed by atoms with Gasteiger partial charge in [-0.3, -0.25) is 10.2 Å². The van der Waals surface area contributed by atoms with Crippen molar-refractivity contribution in [1.82, 2.24) is 10.4 Å². The Labute approximate surface area is 145 Å². The summed E-state index contributed by atoms with van der Waals surface area (Å²) in [6.45, 7) is 1.83. The highest BCUT2D eigenvalue weighted by atomic mass is 16.5. The molecule has 1 aromatic rings. The van der Waals surface area contributed by atoms with E-state index in [0.717, 1.165) is 25.9 Å². The number of hydrazine groups is 1. The van der Waals surface area contributed by atoms with E-state index in [9.17, 15) is 4.79 Å². The second-order valence-corrected chi connectivity index (χ2v) is 5.17. The van der Waals surface area contributed by atoms with Crippen molar-refractivity contribution in [3.63, 3.8) is 0 Å². The number of hydrogen-bond acceptors (Lipinski definition) is 6. The molecular weight excluding hydrogens is 332 g/mol. The Balaban J connectivity index is 0.000000450. The van der Waals surface area contributed by atoms with Crippen LogP contribution in [0.4, 0.5) is 0 Å². The number of methoxy groups -OCH3 is 2. The summed E-state index contributed by atoms with van der Waals surface area (Å²) in [7, 11) is 3.13. The van der Waals surface area contributed by atoms with E-state index < -0.39 is 11.9 Å². The molecule has 1 aliphatic rings. The van der Waals surface area contributed by atoms with Gasteiger partial charge in [0, 0.05) is 18.7 Å². The Morgan fingerprint density at radius 2 is 1.52 bits per heavy atom. The monoisotopic (exact) mass is 354 g/mol. The van der Waals surface area contributed by atoms with Gasteiger partial charge in [-0.15, -0.1) is 0 Å². The summed E-state index contributed by atoms with van der Waals surface area (Å²) < 4.78 is 10.4. The Morgan fingerprint density at radius 3 is 2.00 bits per heavy atom. The average Bonchev–Trinajstić information content (AvgIpc) is 2.62. The minimum atomic E-state index is -1.82. The van der Waals surface area contributed by atoms with E-state index in [1.165, 1.54) is 6.42 Å². The summed E-state index contributed by atoms with van der Waals surface area (Å²) in [4.78, 5) is 30.3. The first-order valence-electron chi connectivity index (χ1n) is 7.63. The number of piperidine rings is 1. The van der Waals surface area contributed by atoms with Crippen LogP contribution in [0.1, 0.15) is 29.6 Å². The van der Waals surface area contributed by atoms with E-state index in [0.29, 0.717) is 17.1 Å². The lowest BCUT2D eigenvalue weighted by Gasteiger charge is -2.26. The van der Waals surface area contributed by atoms with Gasteiger partial charge in [-0.2, -0.15) is 0 Å². The van der Waals surface area contributed by atoms with Crippen LogP contribution >= 0.6 is 0 Å². The van der Waals surface area contributed by atoms with Gasteiger partial charge in [-0.05, 0) is 31.0 Å². The van der Waals surface area contributed by atoms with Crippen LogP contribution in [0.25, 0.3) is 0 Å². The third-order valence-electron chi connectivity index (χ3n) is 3.44. The summed E-state index contributed by atoms with van der Waals surface area (Å²) in [5, 5.41) is 16.8. The van der Waals surface area contributed by atoms with Crippen molar-refractivity contribution in [2.45, 2.75) is 19.3 Å². The summed E-state index contributed by atoms with van der Waals surface area (Å²) in [5.41, 5.74) is 3.49. The Morgan fingerprint density at radius 1 is 0.960 bits per heavy atom. The van der Waals surface area contributed by atoms with Gasteiger partial charge in [0.05, 0.1) is 14.2 Å². The molecule has 0 aromatic heterocycles. The number of carboxylic acid groups (broad SMARTS) is 2. The maximum atomic E-state index is 12.1. The van der Waals surface area contributed by atoms with E-state index in [2.05, 4.69) is 5.43 Å². The second kappa shape index (κ2) is 10.1. The molecule has 0 bridgehead atoms. The van der Waals surface area contributed by atoms with E-state index >= 15 is 0 Å². The first-order valence-corrected chi connectivity index (χ1v) is 7.63. The van der Waals surface area contributed by atoms with Gasteiger partial charge in [-0.25, -0.2) is 14.6 Å². The van der Waals surface area contributed by atoms with Crippen LogP contribution in [0.15, 0.2) is 18.2 Å². The molecule has 1 fully saturated rings. The zero-order valence-electron chi connectivity index (χ0n) is 14.2. The van der Waals surface area contributed by atoms with Crippen LogP contribution in [0.5, 0.6) is 11.5 Å². The molecule has 25 heavy (non-hydrogen) atoms. The molecule has 1 aliphatic heterocycles. The van der Waals surface area contributed by atoms with Crippen LogP contribution < -0.4 is 14.9 Å². The predicted molar refractivity (Wildman–Crippen MR) is 87.7 cm³/mol. The molecule has 3 N–H and O–H groups in total. The number of hydrogen-bond donors (Lipinski definition) is 3. The van der Waals surface area contributed by atoms with Crippen molar-refractivity contribution >= 4 is 17.8 Å². The lowest BCUT2D eigenvalue weighted by molar-refractivity contribution is -0.159. The number of amides is 1. The molecular formula is C16H22N2O7. The third-order valence-corrected chi connectivity index (χ3v) is 3.44. The van der Waals surface area contributed by atoms with Crippen molar-refractivity contribution < 1.29 is 34.1 Å². The van der Waals surface area contributed by atoms with Gasteiger partial charge in [-0.1, -0.05) is 6.42 Å². The normalized spacial score (nSPS) is 13.8. The largest absolute Gasteiger partial charge is 0.493 e. The minimum absolute atomic E-state index is 0.108. The molecule has 0 aliphatic carbocycles. The number of benzene rings is 1. The van der Waals surface area contributed by atoms with Gasteiger partial charge in [0.2, 0.25) is 0 Å². The quantitative estimate of drug-likeness (QED) is 0.684. The summed E-state index contributed by atoms with van der Waals surface area (Å²) in [5.74, 6) is -2.57. The van der Waals surface area contributed by atoms with Gasteiger partial charge in [0.25, 0.3) is 5.91 Å². The lowest BCUT2D eigenvalue weighted by Crippen LogP contribution is -2.45. The first-order chi connectivity index (χ1) is 11.9. The molecule has 1 amide bonds. The fourth-order valence-corrected chi connectivity index (χ4v) is 2.19. The molecule has 0 spiro atoms. The molecule has 0 atom stereocenters. The zero-order chi connectivity index (χ0) is 18.8. The molecule has 138 valence electrons. The molecule has 1 heterocycles. The molecule has 1 aromatic carbocycles. The van der Waals surface area contributed by atoms with Crippen LogP contribution in [-0.4, -0.2) is 60.4 Å². The van der Waals surface area contributed by atoms with Gasteiger partial charge in [0.15, 0.2) is 11.5 Å². The third kappa shape index (κ3) is 6.68. The topological polar surface area (TPSA) is 125 Å². The number of nitrogens with one attached hydrogen (secondary N) is 1. The number of aliphatic carboxylic acids is 2. The zero-order valence-corrected chi connectivity index (χ0v) is 14.2. The van der Waals surface area contributed by atoms with Crippen LogP contribution in [-0.2, 0) is 9.59 Å². The second-order valence-electron chi connectivity index (χ2n) is 5.17. The number of carbonyl (C=O) groups excluding carboxylic acids is 1. The van der Waals surface area contributed by atoms with Crippen molar-refractivity contribution in [3.05, 3.63) is 23.8 Å². The Bertz CT molecular complexity index is 601. The fourth-order valence-electron chi connectivity index (χ4n) is 2.19. The van der Waals surface area contributed by atoms with E-state index in [1.54, 1.807) is 32.4 Å². The predicted octanol–water partition coefficient (Wildman–Crippen LogP) is 0.990. The van der Waals surface area contributed by atoms with Gasteiger partial charge in [0.1, 0.15) is 0 Å². The lowest BCUT2D eigenvalue weighted by atomic mass is 10.1. The highest BCUT2D eigenvalue weighted by Gasteiger charge is 2.15. The number of carboxylic acids is 2. The minimum Gasteiger partial charge on any atom is -0.493 e. The number of ether oxygens (including phenoxy) is 2. The number of nitrogens with zero attached hydrogens (tertiary/aromatic N) is 1. The first kappa shape index (κ1) is 20.2.